The molecular formula is C21H17N3O4S. The van der Waals surface area contributed by atoms with Gasteiger partial charge in [0.25, 0.3) is 15.9 Å². The van der Waals surface area contributed by atoms with Crippen LogP contribution in [0.4, 0.5) is 0 Å². The molecule has 7 nitrogen and oxygen atoms in total. The normalized spacial score (nSPS) is 15.9. The Bertz CT molecular complexity index is 1310. The minimum absolute atomic E-state index is 0.136. The number of aryl methyl sites for hydroxylation is 1. The van der Waals surface area contributed by atoms with Gasteiger partial charge >= 0.3 is 0 Å². The highest BCUT2D eigenvalue weighted by molar-refractivity contribution is 7.90. The zero-order valence-electron chi connectivity index (χ0n) is 15.7. The number of pyridine rings is 1. The van der Waals surface area contributed by atoms with Gasteiger partial charge < -0.3 is 5.11 Å². The molecule has 1 aliphatic rings. The quantitative estimate of drug-likeness (QED) is 0.672. The van der Waals surface area contributed by atoms with Crippen LogP contribution in [0.1, 0.15) is 18.1 Å². The lowest BCUT2D eigenvalue weighted by Gasteiger charge is -2.14. The Kier molecular flexibility index (Phi) is 4.43. The number of hydrogen-bond acceptors (Lipinski definition) is 6. The fourth-order valence-corrected chi connectivity index (χ4v) is 4.52. The first kappa shape index (κ1) is 18.8. The van der Waals surface area contributed by atoms with Crippen LogP contribution in [0.15, 0.2) is 70.3 Å². The summed E-state index contributed by atoms with van der Waals surface area (Å²) in [6.07, 6.45) is 3.07. The largest absolute Gasteiger partial charge is 0.506 e. The van der Waals surface area contributed by atoms with Crippen LogP contribution in [-0.4, -0.2) is 34.5 Å². The highest BCUT2D eigenvalue weighted by Gasteiger charge is 2.38. The first-order valence-corrected chi connectivity index (χ1v) is 10.2. The molecule has 0 fully saturated rings. The van der Waals surface area contributed by atoms with Crippen molar-refractivity contribution in [3.63, 3.8) is 0 Å². The zero-order valence-corrected chi connectivity index (χ0v) is 16.5. The fraction of sp³-hybridized carbons (Fsp3) is 0.0952. The summed E-state index contributed by atoms with van der Waals surface area (Å²) in [5.41, 5.74) is 2.50. The van der Waals surface area contributed by atoms with Crippen LogP contribution >= 0.6 is 0 Å². The van der Waals surface area contributed by atoms with Crippen LogP contribution in [0.25, 0.3) is 17.0 Å². The molecule has 0 saturated heterocycles. The summed E-state index contributed by atoms with van der Waals surface area (Å²) in [6, 6.07) is 13.1. The molecule has 0 aliphatic carbocycles. The molecule has 0 bridgehead atoms. The third kappa shape index (κ3) is 3.17. The van der Waals surface area contributed by atoms with E-state index < -0.39 is 15.9 Å². The van der Waals surface area contributed by atoms with Gasteiger partial charge in [0.1, 0.15) is 11.3 Å². The summed E-state index contributed by atoms with van der Waals surface area (Å²) < 4.78 is 26.9. The number of sulfonamides is 1. The highest BCUT2D eigenvalue weighted by atomic mass is 32.2. The van der Waals surface area contributed by atoms with Crippen molar-refractivity contribution in [2.75, 3.05) is 0 Å². The number of amides is 1. The molecule has 146 valence electrons. The Balaban J connectivity index is 1.79. The van der Waals surface area contributed by atoms with Gasteiger partial charge in [0.05, 0.1) is 16.2 Å². The van der Waals surface area contributed by atoms with E-state index in [0.717, 1.165) is 11.1 Å². The Morgan fingerprint density at radius 3 is 2.48 bits per heavy atom. The van der Waals surface area contributed by atoms with E-state index in [2.05, 4.69) is 10.1 Å². The van der Waals surface area contributed by atoms with E-state index >= 15 is 0 Å². The van der Waals surface area contributed by atoms with E-state index in [1.807, 2.05) is 31.2 Å². The molecule has 0 spiro atoms. The number of phenols is 1. The third-order valence-corrected chi connectivity index (χ3v) is 6.25. The molecule has 2 aromatic carbocycles. The summed E-state index contributed by atoms with van der Waals surface area (Å²) in [5, 5.41) is 14.2. The fourth-order valence-electron chi connectivity index (χ4n) is 3.10. The molecule has 1 N–H and O–H groups in total. The van der Waals surface area contributed by atoms with Crippen LogP contribution in [0, 0.1) is 6.92 Å². The van der Waals surface area contributed by atoms with Gasteiger partial charge in [-0.3, -0.25) is 9.78 Å². The number of carbonyl (C=O) groups is 1. The van der Waals surface area contributed by atoms with Crippen LogP contribution in [-0.2, 0) is 14.8 Å². The van der Waals surface area contributed by atoms with E-state index in [1.165, 1.54) is 24.4 Å². The lowest BCUT2D eigenvalue weighted by atomic mass is 10.1. The average molecular weight is 407 g/mol. The molecule has 4 rings (SSSR count). The number of carbonyl (C=O) groups excluding carboxylic acids is 1. The van der Waals surface area contributed by atoms with Gasteiger partial charge in [-0.25, -0.2) is 0 Å². The van der Waals surface area contributed by atoms with E-state index in [-0.39, 0.29) is 27.1 Å². The predicted molar refractivity (Wildman–Crippen MR) is 110 cm³/mol. The number of aromatic nitrogens is 1. The molecule has 1 aromatic heterocycles. The average Bonchev–Trinajstić information content (AvgIpc) is 2.99. The number of aromatic hydroxyl groups is 1. The summed E-state index contributed by atoms with van der Waals surface area (Å²) in [4.78, 5) is 16.8. The third-order valence-electron chi connectivity index (χ3n) is 4.64. The van der Waals surface area contributed by atoms with E-state index in [9.17, 15) is 18.3 Å². The van der Waals surface area contributed by atoms with Gasteiger partial charge in [-0.05, 0) is 49.8 Å². The number of hydrogen-bond donors (Lipinski definition) is 1. The minimum Gasteiger partial charge on any atom is -0.506 e. The number of phenolic OH excluding ortho intramolecular Hbond substituents is 1. The van der Waals surface area contributed by atoms with Crippen LogP contribution in [0.5, 0.6) is 5.75 Å². The van der Waals surface area contributed by atoms with E-state index in [0.29, 0.717) is 10.1 Å². The Morgan fingerprint density at radius 2 is 1.76 bits per heavy atom. The highest BCUT2D eigenvalue weighted by Crippen LogP contribution is 2.32. The van der Waals surface area contributed by atoms with Gasteiger partial charge in [0.2, 0.25) is 0 Å². The molecule has 0 atom stereocenters. The summed E-state index contributed by atoms with van der Waals surface area (Å²) in [6.45, 7) is 3.54. The lowest BCUT2D eigenvalue weighted by Crippen LogP contribution is -2.29. The van der Waals surface area contributed by atoms with E-state index in [4.69, 9.17) is 0 Å². The van der Waals surface area contributed by atoms with Gasteiger partial charge in [-0.15, -0.1) is 4.41 Å². The SMILES string of the molecule is CC1=NN(S(=O)(=O)c2ccc(O)c3ncccc23)C(=O)/C1=C/c1ccc(C)cc1. The number of fused-ring (bicyclic) bond motifs is 1. The Morgan fingerprint density at radius 1 is 1.03 bits per heavy atom. The molecular weight excluding hydrogens is 390 g/mol. The van der Waals surface area contributed by atoms with Crippen LogP contribution < -0.4 is 0 Å². The number of rotatable bonds is 3. The van der Waals surface area contributed by atoms with Crippen molar-refractivity contribution in [3.8, 4) is 5.75 Å². The molecule has 29 heavy (non-hydrogen) atoms. The maximum Gasteiger partial charge on any atom is 0.290 e. The zero-order chi connectivity index (χ0) is 20.8. The van der Waals surface area contributed by atoms with Crippen molar-refractivity contribution < 1.29 is 18.3 Å². The van der Waals surface area contributed by atoms with Crippen LogP contribution in [0.3, 0.4) is 0 Å². The molecule has 0 unspecified atom stereocenters. The van der Waals surface area contributed by atoms with Gasteiger partial charge in [0.15, 0.2) is 0 Å². The second-order valence-corrected chi connectivity index (χ2v) is 8.43. The van der Waals surface area contributed by atoms with Crippen molar-refractivity contribution in [2.45, 2.75) is 18.7 Å². The predicted octanol–water partition coefficient (Wildman–Crippen LogP) is 3.24. The molecule has 1 amide bonds. The number of benzene rings is 2. The summed E-state index contributed by atoms with van der Waals surface area (Å²) in [7, 11) is -4.29. The molecule has 1 aliphatic heterocycles. The van der Waals surface area contributed by atoms with Crippen molar-refractivity contribution in [1.29, 1.82) is 0 Å². The molecule has 8 heteroatoms. The first-order chi connectivity index (χ1) is 13.8. The molecule has 2 heterocycles. The molecule has 3 aromatic rings. The molecule has 0 radical (unpaired) electrons. The van der Waals surface area contributed by atoms with Crippen molar-refractivity contribution in [1.82, 2.24) is 9.40 Å². The summed E-state index contributed by atoms with van der Waals surface area (Å²) >= 11 is 0. The second kappa shape index (κ2) is 6.82. The Labute approximate surface area is 167 Å². The lowest BCUT2D eigenvalue weighted by molar-refractivity contribution is -0.121. The monoisotopic (exact) mass is 407 g/mol. The topological polar surface area (TPSA) is 99.9 Å². The van der Waals surface area contributed by atoms with Gasteiger partial charge in [-0.2, -0.15) is 13.5 Å². The first-order valence-electron chi connectivity index (χ1n) is 8.79. The minimum atomic E-state index is -4.29. The maximum atomic E-state index is 13.2. The van der Waals surface area contributed by atoms with Crippen molar-refractivity contribution in [2.24, 2.45) is 5.10 Å². The van der Waals surface area contributed by atoms with E-state index in [1.54, 1.807) is 19.1 Å². The number of nitrogens with zero attached hydrogens (tertiary/aromatic N) is 3. The van der Waals surface area contributed by atoms with Crippen molar-refractivity contribution >= 4 is 38.6 Å². The summed E-state index contributed by atoms with van der Waals surface area (Å²) in [5.74, 6) is -0.875. The molecule has 0 saturated carbocycles. The van der Waals surface area contributed by atoms with Gasteiger partial charge in [0, 0.05) is 11.6 Å². The van der Waals surface area contributed by atoms with Gasteiger partial charge in [-0.1, -0.05) is 29.8 Å². The van der Waals surface area contributed by atoms with Crippen molar-refractivity contribution in [3.05, 3.63) is 71.4 Å². The standard InChI is InChI=1S/C21H17N3O4S/c1-13-5-7-15(8-6-13)12-17-14(2)23-24(21(17)26)29(27,28)19-10-9-18(25)20-16(19)4-3-11-22-20/h3-12,25H,1-2H3/b17-12+. The smallest absolute Gasteiger partial charge is 0.290 e. The maximum absolute atomic E-state index is 13.2. The Hall–Kier alpha value is -3.52. The van der Waals surface area contributed by atoms with Crippen LogP contribution in [0.2, 0.25) is 0 Å². The second-order valence-electron chi connectivity index (χ2n) is 6.69. The number of hydrazone groups is 1.